The number of fused-ring (bicyclic) bond motifs is 2. The zero-order chi connectivity index (χ0) is 18.6. The number of aromatic nitrogens is 1. The Labute approximate surface area is 166 Å². The fourth-order valence-electron chi connectivity index (χ4n) is 4.91. The number of furan rings is 1. The van der Waals surface area contributed by atoms with Crippen molar-refractivity contribution in [2.24, 2.45) is 5.92 Å². The molecule has 5 rings (SSSR count). The average Bonchev–Trinajstić information content (AvgIpc) is 3.17. The van der Waals surface area contributed by atoms with E-state index in [0.29, 0.717) is 29.3 Å². The van der Waals surface area contributed by atoms with Gasteiger partial charge in [0.25, 0.3) is 0 Å². The monoisotopic (exact) mass is 430 g/mol. The number of nitrogens with one attached hydrogen (secondary N) is 1. The fourth-order valence-corrected chi connectivity index (χ4v) is 5.44. The van der Waals surface area contributed by atoms with Gasteiger partial charge in [0.2, 0.25) is 5.76 Å². The zero-order valence-corrected chi connectivity index (χ0v) is 16.7. The Hall–Kier alpha value is -1.62. The third-order valence-corrected chi connectivity index (χ3v) is 7.42. The summed E-state index contributed by atoms with van der Waals surface area (Å²) >= 11 is 3.61. The van der Waals surface area contributed by atoms with E-state index in [1.165, 1.54) is 0 Å². The van der Waals surface area contributed by atoms with Gasteiger partial charge in [-0.1, -0.05) is 0 Å². The van der Waals surface area contributed by atoms with E-state index in [4.69, 9.17) is 9.68 Å². The first-order valence-electron chi connectivity index (χ1n) is 9.77. The van der Waals surface area contributed by atoms with Crippen molar-refractivity contribution in [2.45, 2.75) is 56.2 Å². The Kier molecular flexibility index (Phi) is 4.19. The topological polar surface area (TPSA) is 85.3 Å². The minimum atomic E-state index is -0.371. The Balaban J connectivity index is 1.22. The lowest BCUT2D eigenvalue weighted by molar-refractivity contribution is 0.0198. The van der Waals surface area contributed by atoms with E-state index >= 15 is 0 Å². The van der Waals surface area contributed by atoms with Crippen molar-refractivity contribution in [1.82, 2.24) is 9.88 Å². The molecule has 1 aliphatic heterocycles. The van der Waals surface area contributed by atoms with Crippen molar-refractivity contribution in [3.05, 3.63) is 22.5 Å². The van der Waals surface area contributed by atoms with Gasteiger partial charge in [-0.25, -0.2) is 4.98 Å². The van der Waals surface area contributed by atoms with Crippen molar-refractivity contribution in [3.63, 3.8) is 0 Å². The molecule has 0 radical (unpaired) electrons. The van der Waals surface area contributed by atoms with Crippen molar-refractivity contribution in [3.8, 4) is 6.07 Å². The molecule has 3 fully saturated rings. The minimum absolute atomic E-state index is 0.297. The lowest BCUT2D eigenvalue weighted by Gasteiger charge is -2.40. The van der Waals surface area contributed by atoms with Gasteiger partial charge in [-0.2, -0.15) is 5.26 Å². The summed E-state index contributed by atoms with van der Waals surface area (Å²) < 4.78 is 6.29. The molecule has 0 spiro atoms. The molecule has 2 aromatic heterocycles. The molecule has 2 aliphatic carbocycles. The third kappa shape index (κ3) is 3.14. The molecule has 0 aromatic carbocycles. The predicted molar refractivity (Wildman–Crippen MR) is 105 cm³/mol. The molecular formula is C20H23BrN4O2. The number of hydrogen-bond donors (Lipinski definition) is 2. The van der Waals surface area contributed by atoms with Crippen LogP contribution in [0.5, 0.6) is 0 Å². The Morgan fingerprint density at radius 1 is 1.33 bits per heavy atom. The zero-order valence-electron chi connectivity index (χ0n) is 15.1. The summed E-state index contributed by atoms with van der Waals surface area (Å²) in [4.78, 5) is 7.00. The summed E-state index contributed by atoms with van der Waals surface area (Å²) in [6.45, 7) is 2.01. The number of β-amino-alcohol motifs (C(OH)–C–C–N with tert-alkyl or cyclic N) is 1. The van der Waals surface area contributed by atoms with Crippen LogP contribution in [0, 0.1) is 17.2 Å². The molecule has 0 amide bonds. The van der Waals surface area contributed by atoms with E-state index in [1.807, 2.05) is 6.07 Å². The van der Waals surface area contributed by atoms with Crippen LogP contribution in [-0.2, 0) is 0 Å². The fraction of sp³-hybridized carbons (Fsp3) is 0.600. The van der Waals surface area contributed by atoms with Gasteiger partial charge in [-0.15, -0.1) is 0 Å². The Morgan fingerprint density at radius 2 is 2.15 bits per heavy atom. The van der Waals surface area contributed by atoms with Crippen LogP contribution in [0.1, 0.15) is 44.3 Å². The van der Waals surface area contributed by atoms with Crippen LogP contribution in [0.3, 0.4) is 0 Å². The molecule has 0 bridgehead atoms. The largest absolute Gasteiger partial charge is 0.444 e. The van der Waals surface area contributed by atoms with E-state index in [-0.39, 0.29) is 5.60 Å². The maximum Gasteiger partial charge on any atom is 0.204 e. The first-order chi connectivity index (χ1) is 13.1. The Bertz CT molecular complexity index is 915. The molecule has 27 heavy (non-hydrogen) atoms. The van der Waals surface area contributed by atoms with Gasteiger partial charge >= 0.3 is 0 Å². The highest BCUT2D eigenvalue weighted by Crippen LogP contribution is 2.50. The third-order valence-electron chi connectivity index (χ3n) is 6.62. The van der Waals surface area contributed by atoms with E-state index in [2.05, 4.69) is 31.1 Å². The van der Waals surface area contributed by atoms with Crippen molar-refractivity contribution in [1.29, 1.82) is 5.26 Å². The number of halogens is 1. The van der Waals surface area contributed by atoms with Crippen LogP contribution in [0.4, 0.5) is 5.82 Å². The number of piperidine rings is 1. The van der Waals surface area contributed by atoms with Gasteiger partial charge in [-0.3, -0.25) is 4.90 Å². The van der Waals surface area contributed by atoms with E-state index < -0.39 is 0 Å². The maximum atomic E-state index is 10.4. The van der Waals surface area contributed by atoms with Crippen molar-refractivity contribution >= 4 is 32.7 Å². The highest BCUT2D eigenvalue weighted by atomic mass is 79.9. The number of hydrogen-bond acceptors (Lipinski definition) is 6. The molecule has 2 N–H and O–H groups in total. The van der Waals surface area contributed by atoms with Crippen LogP contribution in [0.2, 0.25) is 0 Å². The molecule has 7 heteroatoms. The number of likely N-dealkylation sites (tertiary alicyclic amines) is 1. The summed E-state index contributed by atoms with van der Waals surface area (Å²) in [5.41, 5.74) is 0.249. The van der Waals surface area contributed by atoms with Crippen LogP contribution >= 0.6 is 15.9 Å². The van der Waals surface area contributed by atoms with E-state index in [1.54, 1.807) is 12.3 Å². The molecule has 1 saturated heterocycles. The number of nitrogens with zero attached hydrogens (tertiary/aromatic N) is 3. The second-order valence-electron chi connectivity index (χ2n) is 8.33. The van der Waals surface area contributed by atoms with Crippen LogP contribution < -0.4 is 5.32 Å². The summed E-state index contributed by atoms with van der Waals surface area (Å²) in [7, 11) is 0. The summed E-state index contributed by atoms with van der Waals surface area (Å²) in [6, 6.07) is 4.77. The second kappa shape index (κ2) is 6.47. The molecule has 2 aromatic rings. The van der Waals surface area contributed by atoms with Crippen LogP contribution in [-0.4, -0.2) is 45.8 Å². The molecular weight excluding hydrogens is 408 g/mol. The van der Waals surface area contributed by atoms with E-state index in [9.17, 15) is 5.11 Å². The highest BCUT2D eigenvalue weighted by molar-refractivity contribution is 9.10. The molecule has 3 heterocycles. The van der Waals surface area contributed by atoms with Gasteiger partial charge in [0.05, 0.1) is 16.3 Å². The average molecular weight is 431 g/mol. The predicted octanol–water partition coefficient (Wildman–Crippen LogP) is 3.64. The molecule has 2 atom stereocenters. The lowest BCUT2D eigenvalue weighted by Crippen LogP contribution is -2.48. The molecule has 142 valence electrons. The second-order valence-corrected chi connectivity index (χ2v) is 9.13. The van der Waals surface area contributed by atoms with Gasteiger partial charge in [-0.05, 0) is 66.9 Å². The highest BCUT2D eigenvalue weighted by Gasteiger charge is 2.56. The van der Waals surface area contributed by atoms with Crippen LogP contribution in [0.15, 0.2) is 21.2 Å². The summed E-state index contributed by atoms with van der Waals surface area (Å²) in [5, 5.41) is 23.9. The number of rotatable bonds is 3. The molecule has 2 saturated carbocycles. The molecule has 3 aliphatic rings. The quantitative estimate of drug-likeness (QED) is 0.772. The van der Waals surface area contributed by atoms with E-state index in [0.717, 1.165) is 67.3 Å². The standard InChI is InChI=1S/C20H23BrN4O2/c21-18-16-7-15(9-22)27-17(16)10-23-19(18)24-13-1-3-14(4-2-13)25-6-5-12-8-20(12,26)11-25/h7,10,12-14,26H,1-6,8,11H2,(H,23,24). The van der Waals surface area contributed by atoms with Crippen LogP contribution in [0.25, 0.3) is 11.0 Å². The van der Waals surface area contributed by atoms with Crippen molar-refractivity contribution < 1.29 is 9.52 Å². The van der Waals surface area contributed by atoms with Gasteiger partial charge < -0.3 is 14.8 Å². The minimum Gasteiger partial charge on any atom is -0.444 e. The molecule has 2 unspecified atom stereocenters. The summed E-state index contributed by atoms with van der Waals surface area (Å²) in [5.74, 6) is 1.67. The lowest BCUT2D eigenvalue weighted by atomic mass is 9.89. The number of pyridine rings is 1. The first kappa shape index (κ1) is 17.5. The SMILES string of the molecule is N#Cc1cc2c(Br)c(NC3CCC(N4CCC5CC5(O)C4)CC3)ncc2o1. The number of anilines is 1. The van der Waals surface area contributed by atoms with Gasteiger partial charge in [0.15, 0.2) is 5.58 Å². The van der Waals surface area contributed by atoms with Crippen molar-refractivity contribution in [2.75, 3.05) is 18.4 Å². The smallest absolute Gasteiger partial charge is 0.204 e. The first-order valence-corrected chi connectivity index (χ1v) is 10.6. The summed E-state index contributed by atoms with van der Waals surface area (Å²) in [6.07, 6.45) is 8.35. The maximum absolute atomic E-state index is 10.4. The Morgan fingerprint density at radius 3 is 2.89 bits per heavy atom. The molecule has 6 nitrogen and oxygen atoms in total. The van der Waals surface area contributed by atoms with Gasteiger partial charge in [0.1, 0.15) is 11.9 Å². The van der Waals surface area contributed by atoms with Gasteiger partial charge in [0, 0.05) is 30.1 Å². The number of aliphatic hydroxyl groups is 1. The number of nitriles is 1. The normalized spacial score (nSPS) is 33.4.